The van der Waals surface area contributed by atoms with Gasteiger partial charge >= 0.3 is 5.97 Å². The number of carbonyl (C=O) groups is 2. The molecule has 0 aromatic carbocycles. The normalized spacial score (nSPS) is 11.3. The molecule has 0 aliphatic rings. The van der Waals surface area contributed by atoms with Crippen LogP contribution in [-0.4, -0.2) is 46.2 Å². The summed E-state index contributed by atoms with van der Waals surface area (Å²) in [6.07, 6.45) is 1.01. The number of aliphatic hydroxyl groups excluding tert-OH is 1. The van der Waals surface area contributed by atoms with Crippen LogP contribution in [-0.2, 0) is 0 Å². The highest BCUT2D eigenvalue weighted by Gasteiger charge is 2.29. The maximum absolute atomic E-state index is 11.9. The van der Waals surface area contributed by atoms with Crippen molar-refractivity contribution in [2.24, 2.45) is 0 Å². The molecule has 6 heteroatoms. The molecule has 0 unspecified atom stereocenters. The van der Waals surface area contributed by atoms with E-state index in [2.05, 4.69) is 0 Å². The summed E-state index contributed by atoms with van der Waals surface area (Å²) in [5, 5.41) is 17.8. The number of rotatable bonds is 4. The lowest BCUT2D eigenvalue weighted by Crippen LogP contribution is -2.47. The molecule has 0 atom stereocenters. The van der Waals surface area contributed by atoms with Gasteiger partial charge in [-0.2, -0.15) is 0 Å². The second-order valence-electron chi connectivity index (χ2n) is 4.34. The SMILES string of the molecule is CN(C(=O)c1cc(C(=O)O)co1)C(C)(C)CO. The molecule has 6 nitrogen and oxygen atoms in total. The van der Waals surface area contributed by atoms with Crippen LogP contribution in [0.1, 0.15) is 34.8 Å². The van der Waals surface area contributed by atoms with Crippen LogP contribution in [0.4, 0.5) is 0 Å². The van der Waals surface area contributed by atoms with E-state index in [9.17, 15) is 9.59 Å². The van der Waals surface area contributed by atoms with Crippen LogP contribution in [0.5, 0.6) is 0 Å². The minimum absolute atomic E-state index is 0.0635. The van der Waals surface area contributed by atoms with E-state index in [1.807, 2.05) is 0 Å². The number of furan rings is 1. The van der Waals surface area contributed by atoms with Crippen molar-refractivity contribution in [3.63, 3.8) is 0 Å². The summed E-state index contributed by atoms with van der Waals surface area (Å²) in [4.78, 5) is 23.9. The number of amides is 1. The highest BCUT2D eigenvalue weighted by molar-refractivity contribution is 5.95. The summed E-state index contributed by atoms with van der Waals surface area (Å²) in [6, 6.07) is 1.16. The first-order chi connectivity index (χ1) is 7.79. The van der Waals surface area contributed by atoms with Crippen molar-refractivity contribution in [2.45, 2.75) is 19.4 Å². The van der Waals surface area contributed by atoms with Crippen molar-refractivity contribution >= 4 is 11.9 Å². The molecular formula is C11H15NO5. The number of carboxylic acid groups (broad SMARTS) is 1. The summed E-state index contributed by atoms with van der Waals surface area (Å²) in [5.74, 6) is -1.69. The third-order valence-electron chi connectivity index (χ3n) is 2.66. The number of aliphatic hydroxyl groups is 1. The Labute approximate surface area is 98.5 Å². The number of aromatic carboxylic acids is 1. The molecule has 0 saturated heterocycles. The molecule has 1 amide bonds. The summed E-state index contributed by atoms with van der Waals surface area (Å²) in [7, 11) is 1.52. The Morgan fingerprint density at radius 2 is 2.06 bits per heavy atom. The lowest BCUT2D eigenvalue weighted by atomic mass is 10.0. The number of hydrogen-bond acceptors (Lipinski definition) is 4. The fraction of sp³-hybridized carbons (Fsp3) is 0.455. The third-order valence-corrected chi connectivity index (χ3v) is 2.66. The first-order valence-electron chi connectivity index (χ1n) is 5.00. The topological polar surface area (TPSA) is 91.0 Å². The second kappa shape index (κ2) is 4.58. The summed E-state index contributed by atoms with van der Waals surface area (Å²) in [6.45, 7) is 3.17. The minimum atomic E-state index is -1.16. The van der Waals surface area contributed by atoms with Crippen LogP contribution in [0.3, 0.4) is 0 Å². The average molecular weight is 241 g/mol. The molecule has 1 heterocycles. The second-order valence-corrected chi connectivity index (χ2v) is 4.34. The smallest absolute Gasteiger partial charge is 0.338 e. The molecule has 0 spiro atoms. The van der Waals surface area contributed by atoms with E-state index in [0.717, 1.165) is 12.3 Å². The van der Waals surface area contributed by atoms with Crippen LogP contribution in [0, 0.1) is 0 Å². The first-order valence-corrected chi connectivity index (χ1v) is 5.00. The largest absolute Gasteiger partial charge is 0.478 e. The fourth-order valence-corrected chi connectivity index (χ4v) is 1.11. The zero-order chi connectivity index (χ0) is 13.2. The average Bonchev–Trinajstić information content (AvgIpc) is 2.76. The lowest BCUT2D eigenvalue weighted by Gasteiger charge is -2.33. The molecule has 0 radical (unpaired) electrons. The van der Waals surface area contributed by atoms with E-state index >= 15 is 0 Å². The monoisotopic (exact) mass is 241 g/mol. The maximum Gasteiger partial charge on any atom is 0.338 e. The minimum Gasteiger partial charge on any atom is -0.478 e. The molecule has 17 heavy (non-hydrogen) atoms. The van der Waals surface area contributed by atoms with Crippen molar-refractivity contribution in [2.75, 3.05) is 13.7 Å². The molecule has 94 valence electrons. The van der Waals surface area contributed by atoms with Gasteiger partial charge in [-0.05, 0) is 13.8 Å². The number of carboxylic acids is 1. The predicted molar refractivity (Wildman–Crippen MR) is 58.9 cm³/mol. The Balaban J connectivity index is 2.93. The Morgan fingerprint density at radius 1 is 1.47 bits per heavy atom. The number of carbonyl (C=O) groups excluding carboxylic acids is 1. The van der Waals surface area contributed by atoms with E-state index in [0.29, 0.717) is 0 Å². The van der Waals surface area contributed by atoms with E-state index in [4.69, 9.17) is 14.6 Å². The Bertz CT molecular complexity index is 435. The number of hydrogen-bond donors (Lipinski definition) is 2. The quantitative estimate of drug-likeness (QED) is 0.814. The molecule has 1 rings (SSSR count). The zero-order valence-electron chi connectivity index (χ0n) is 9.93. The van der Waals surface area contributed by atoms with Gasteiger partial charge in [0.25, 0.3) is 5.91 Å². The zero-order valence-corrected chi connectivity index (χ0v) is 9.93. The van der Waals surface area contributed by atoms with Gasteiger partial charge < -0.3 is 19.5 Å². The van der Waals surface area contributed by atoms with E-state index in [-0.39, 0.29) is 17.9 Å². The van der Waals surface area contributed by atoms with Crippen molar-refractivity contribution in [1.29, 1.82) is 0 Å². The molecular weight excluding hydrogens is 226 g/mol. The van der Waals surface area contributed by atoms with Gasteiger partial charge in [-0.15, -0.1) is 0 Å². The molecule has 0 aliphatic heterocycles. The van der Waals surface area contributed by atoms with Crippen LogP contribution in [0.2, 0.25) is 0 Å². The Morgan fingerprint density at radius 3 is 2.47 bits per heavy atom. The summed E-state index contributed by atoms with van der Waals surface area (Å²) in [5.41, 5.74) is -0.823. The highest BCUT2D eigenvalue weighted by atomic mass is 16.4. The van der Waals surface area contributed by atoms with Gasteiger partial charge in [0.05, 0.1) is 17.7 Å². The van der Waals surface area contributed by atoms with Gasteiger partial charge in [0.2, 0.25) is 0 Å². The highest BCUT2D eigenvalue weighted by Crippen LogP contribution is 2.17. The summed E-state index contributed by atoms with van der Waals surface area (Å²) < 4.78 is 4.89. The van der Waals surface area contributed by atoms with E-state index in [1.54, 1.807) is 13.8 Å². The van der Waals surface area contributed by atoms with Gasteiger partial charge in [0, 0.05) is 13.1 Å². The number of likely N-dealkylation sites (N-methyl/N-ethyl adjacent to an activating group) is 1. The van der Waals surface area contributed by atoms with Crippen molar-refractivity contribution in [3.05, 3.63) is 23.7 Å². The van der Waals surface area contributed by atoms with Gasteiger partial charge in [-0.3, -0.25) is 4.79 Å². The lowest BCUT2D eigenvalue weighted by molar-refractivity contribution is 0.0444. The molecule has 0 fully saturated rings. The molecule has 1 aromatic heterocycles. The molecule has 0 bridgehead atoms. The standard InChI is InChI=1S/C11H15NO5/c1-11(2,6-13)12(3)9(14)8-4-7(5-17-8)10(15)16/h4-5,13H,6H2,1-3H3,(H,15,16). The van der Waals surface area contributed by atoms with Gasteiger partial charge in [0.15, 0.2) is 5.76 Å². The molecule has 0 aliphatic carbocycles. The molecule has 2 N–H and O–H groups in total. The van der Waals surface area contributed by atoms with Crippen LogP contribution in [0.25, 0.3) is 0 Å². The first kappa shape index (κ1) is 13.2. The van der Waals surface area contributed by atoms with Crippen molar-refractivity contribution in [3.8, 4) is 0 Å². The van der Waals surface area contributed by atoms with Gasteiger partial charge in [-0.25, -0.2) is 4.79 Å². The fourth-order valence-electron chi connectivity index (χ4n) is 1.11. The van der Waals surface area contributed by atoms with Crippen molar-refractivity contribution < 1.29 is 24.2 Å². The Kier molecular flexibility index (Phi) is 3.57. The van der Waals surface area contributed by atoms with E-state index in [1.165, 1.54) is 11.9 Å². The van der Waals surface area contributed by atoms with E-state index < -0.39 is 17.4 Å². The summed E-state index contributed by atoms with van der Waals surface area (Å²) >= 11 is 0. The van der Waals surface area contributed by atoms with Crippen molar-refractivity contribution in [1.82, 2.24) is 4.90 Å². The molecule has 1 aromatic rings. The number of nitrogens with zero attached hydrogens (tertiary/aromatic N) is 1. The van der Waals surface area contributed by atoms with Gasteiger partial charge in [-0.1, -0.05) is 0 Å². The predicted octanol–water partition coefficient (Wildman–Crippen LogP) is 0.821. The van der Waals surface area contributed by atoms with Crippen LogP contribution in [0.15, 0.2) is 16.7 Å². The molecule has 0 saturated carbocycles. The van der Waals surface area contributed by atoms with Crippen LogP contribution >= 0.6 is 0 Å². The van der Waals surface area contributed by atoms with Crippen LogP contribution < -0.4 is 0 Å². The maximum atomic E-state index is 11.9. The third kappa shape index (κ3) is 2.65. The Hall–Kier alpha value is -1.82. The van der Waals surface area contributed by atoms with Gasteiger partial charge in [0.1, 0.15) is 6.26 Å².